The van der Waals surface area contributed by atoms with E-state index in [1.54, 1.807) is 0 Å². The maximum atomic E-state index is 8.96. The van der Waals surface area contributed by atoms with Crippen molar-refractivity contribution in [3.63, 3.8) is 0 Å². The van der Waals surface area contributed by atoms with Gasteiger partial charge in [-0.05, 0) is 38.3 Å². The Morgan fingerprint density at radius 2 is 2.00 bits per heavy atom. The minimum Gasteiger partial charge on any atom is -0.488 e. The van der Waals surface area contributed by atoms with E-state index in [0.29, 0.717) is 0 Å². The molecule has 0 aliphatic carbocycles. The molecular formula is C13H21NO2. The van der Waals surface area contributed by atoms with Crippen LogP contribution < -0.4 is 10.5 Å². The van der Waals surface area contributed by atoms with Gasteiger partial charge in [0.1, 0.15) is 11.9 Å². The van der Waals surface area contributed by atoms with Crippen LogP contribution >= 0.6 is 0 Å². The van der Waals surface area contributed by atoms with Crippen LogP contribution in [0, 0.1) is 0 Å². The Bertz CT molecular complexity index is 313. The van der Waals surface area contributed by atoms with Gasteiger partial charge in [-0.3, -0.25) is 0 Å². The van der Waals surface area contributed by atoms with Gasteiger partial charge in [0.25, 0.3) is 0 Å². The molecule has 3 heteroatoms. The molecule has 16 heavy (non-hydrogen) atoms. The SMILES string of the molecule is CC(N)CCc1ccccc1OC(C)CO. The number of nitrogens with two attached hydrogens (primary N) is 1. The highest BCUT2D eigenvalue weighted by Gasteiger charge is 2.07. The van der Waals surface area contributed by atoms with Crippen LogP contribution in [-0.4, -0.2) is 23.9 Å². The van der Waals surface area contributed by atoms with Gasteiger partial charge in [0.05, 0.1) is 6.61 Å². The highest BCUT2D eigenvalue weighted by molar-refractivity contribution is 5.33. The Labute approximate surface area is 97.2 Å². The molecule has 3 nitrogen and oxygen atoms in total. The number of hydrogen-bond acceptors (Lipinski definition) is 3. The van der Waals surface area contributed by atoms with Gasteiger partial charge in [-0.25, -0.2) is 0 Å². The summed E-state index contributed by atoms with van der Waals surface area (Å²) in [7, 11) is 0. The Balaban J connectivity index is 2.67. The molecule has 90 valence electrons. The molecule has 1 aromatic carbocycles. The van der Waals surface area contributed by atoms with Gasteiger partial charge >= 0.3 is 0 Å². The van der Waals surface area contributed by atoms with Gasteiger partial charge in [-0.1, -0.05) is 18.2 Å². The van der Waals surface area contributed by atoms with Crippen LogP contribution in [0.15, 0.2) is 24.3 Å². The first kappa shape index (κ1) is 13.0. The van der Waals surface area contributed by atoms with Crippen molar-refractivity contribution in [1.29, 1.82) is 0 Å². The van der Waals surface area contributed by atoms with E-state index in [0.717, 1.165) is 24.2 Å². The van der Waals surface area contributed by atoms with Crippen LogP contribution in [-0.2, 0) is 6.42 Å². The first-order valence-electron chi connectivity index (χ1n) is 5.74. The minimum absolute atomic E-state index is 0.0294. The predicted molar refractivity (Wildman–Crippen MR) is 65.6 cm³/mol. The first-order chi connectivity index (χ1) is 7.63. The van der Waals surface area contributed by atoms with Crippen molar-refractivity contribution in [2.24, 2.45) is 5.73 Å². The fraction of sp³-hybridized carbons (Fsp3) is 0.538. The van der Waals surface area contributed by atoms with Crippen molar-refractivity contribution < 1.29 is 9.84 Å². The summed E-state index contributed by atoms with van der Waals surface area (Å²) in [6.07, 6.45) is 1.68. The van der Waals surface area contributed by atoms with Crippen LogP contribution in [0.3, 0.4) is 0 Å². The Kier molecular flexibility index (Phi) is 5.29. The lowest BCUT2D eigenvalue weighted by atomic mass is 10.1. The second kappa shape index (κ2) is 6.51. The first-order valence-corrected chi connectivity index (χ1v) is 5.74. The van der Waals surface area contributed by atoms with Gasteiger partial charge in [-0.15, -0.1) is 0 Å². The van der Waals surface area contributed by atoms with E-state index >= 15 is 0 Å². The summed E-state index contributed by atoms with van der Waals surface area (Å²) in [5.74, 6) is 0.852. The number of benzene rings is 1. The van der Waals surface area contributed by atoms with Crippen LogP contribution in [0.1, 0.15) is 25.8 Å². The number of ether oxygens (including phenoxy) is 1. The fourth-order valence-electron chi connectivity index (χ4n) is 1.46. The van der Waals surface area contributed by atoms with Crippen molar-refractivity contribution in [2.45, 2.75) is 38.8 Å². The third kappa shape index (κ3) is 4.21. The van der Waals surface area contributed by atoms with Crippen molar-refractivity contribution in [3.8, 4) is 5.75 Å². The summed E-state index contributed by atoms with van der Waals surface area (Å²) in [6, 6.07) is 8.11. The molecule has 0 aromatic heterocycles. The normalized spacial score (nSPS) is 14.5. The smallest absolute Gasteiger partial charge is 0.123 e. The molecule has 0 saturated carbocycles. The van der Waals surface area contributed by atoms with E-state index < -0.39 is 0 Å². The molecule has 0 heterocycles. The summed E-state index contributed by atoms with van der Waals surface area (Å²) >= 11 is 0. The Morgan fingerprint density at radius 1 is 1.31 bits per heavy atom. The molecule has 0 bridgehead atoms. The summed E-state index contributed by atoms with van der Waals surface area (Å²) in [5.41, 5.74) is 6.89. The van der Waals surface area contributed by atoms with Gasteiger partial charge in [0, 0.05) is 6.04 Å². The minimum atomic E-state index is -0.170. The molecule has 0 aliphatic heterocycles. The average Bonchev–Trinajstić information content (AvgIpc) is 2.27. The number of aliphatic hydroxyl groups excluding tert-OH is 1. The summed E-state index contributed by atoms with van der Waals surface area (Å²) in [4.78, 5) is 0. The van der Waals surface area contributed by atoms with E-state index in [9.17, 15) is 0 Å². The molecule has 2 unspecified atom stereocenters. The zero-order chi connectivity index (χ0) is 12.0. The van der Waals surface area contributed by atoms with Crippen molar-refractivity contribution in [1.82, 2.24) is 0 Å². The van der Waals surface area contributed by atoms with Gasteiger partial charge in [0.2, 0.25) is 0 Å². The number of aliphatic hydroxyl groups is 1. The highest BCUT2D eigenvalue weighted by atomic mass is 16.5. The Morgan fingerprint density at radius 3 is 2.62 bits per heavy atom. The molecule has 2 atom stereocenters. The lowest BCUT2D eigenvalue weighted by Crippen LogP contribution is -2.18. The zero-order valence-electron chi connectivity index (χ0n) is 10.0. The maximum Gasteiger partial charge on any atom is 0.123 e. The summed E-state index contributed by atoms with van der Waals surface area (Å²) in [5, 5.41) is 8.96. The van der Waals surface area contributed by atoms with E-state index in [2.05, 4.69) is 0 Å². The van der Waals surface area contributed by atoms with Crippen LogP contribution in [0.2, 0.25) is 0 Å². The molecule has 1 aromatic rings. The summed E-state index contributed by atoms with van der Waals surface area (Å²) < 4.78 is 5.64. The molecular weight excluding hydrogens is 202 g/mol. The van der Waals surface area contributed by atoms with Gasteiger partial charge in [-0.2, -0.15) is 0 Å². The Hall–Kier alpha value is -1.06. The third-order valence-electron chi connectivity index (χ3n) is 2.43. The average molecular weight is 223 g/mol. The second-order valence-electron chi connectivity index (χ2n) is 4.23. The van der Waals surface area contributed by atoms with E-state index in [4.69, 9.17) is 15.6 Å². The van der Waals surface area contributed by atoms with Crippen molar-refractivity contribution >= 4 is 0 Å². The standard InChI is InChI=1S/C13H21NO2/c1-10(14)7-8-12-5-3-4-6-13(12)16-11(2)9-15/h3-6,10-11,15H,7-9,14H2,1-2H3. The maximum absolute atomic E-state index is 8.96. The molecule has 0 fully saturated rings. The molecule has 0 radical (unpaired) electrons. The van der Waals surface area contributed by atoms with Crippen LogP contribution in [0.4, 0.5) is 0 Å². The number of rotatable bonds is 6. The van der Waals surface area contributed by atoms with Crippen LogP contribution in [0.5, 0.6) is 5.75 Å². The molecule has 0 aliphatic rings. The van der Waals surface area contributed by atoms with Gasteiger partial charge < -0.3 is 15.6 Å². The van der Waals surface area contributed by atoms with Crippen LogP contribution in [0.25, 0.3) is 0 Å². The zero-order valence-corrected chi connectivity index (χ0v) is 10.0. The lowest BCUT2D eigenvalue weighted by molar-refractivity contribution is 0.128. The van der Waals surface area contributed by atoms with Crippen molar-refractivity contribution in [2.75, 3.05) is 6.61 Å². The lowest BCUT2D eigenvalue weighted by Gasteiger charge is -2.16. The molecule has 3 N–H and O–H groups in total. The fourth-order valence-corrected chi connectivity index (χ4v) is 1.46. The monoisotopic (exact) mass is 223 g/mol. The number of hydrogen-bond donors (Lipinski definition) is 2. The van der Waals surface area contributed by atoms with Crippen molar-refractivity contribution in [3.05, 3.63) is 29.8 Å². The number of aryl methyl sites for hydroxylation is 1. The van der Waals surface area contributed by atoms with Gasteiger partial charge in [0.15, 0.2) is 0 Å². The third-order valence-corrected chi connectivity index (χ3v) is 2.43. The second-order valence-corrected chi connectivity index (χ2v) is 4.23. The van der Waals surface area contributed by atoms with E-state index in [-0.39, 0.29) is 18.8 Å². The predicted octanol–water partition coefficient (Wildman–Crippen LogP) is 1.73. The molecule has 0 saturated heterocycles. The van der Waals surface area contributed by atoms with E-state index in [1.165, 1.54) is 0 Å². The molecule has 0 spiro atoms. The summed E-state index contributed by atoms with van der Waals surface area (Å²) in [6.45, 7) is 3.88. The number of para-hydroxylation sites is 1. The van der Waals surface area contributed by atoms with E-state index in [1.807, 2.05) is 38.1 Å². The molecule has 0 amide bonds. The molecule has 1 rings (SSSR count). The highest BCUT2D eigenvalue weighted by Crippen LogP contribution is 2.21. The topological polar surface area (TPSA) is 55.5 Å². The largest absolute Gasteiger partial charge is 0.488 e. The quantitative estimate of drug-likeness (QED) is 0.772.